The van der Waals surface area contributed by atoms with Crippen LogP contribution in [0.1, 0.15) is 70.1 Å². The first-order chi connectivity index (χ1) is 22.4. The number of benzene rings is 4. The third-order valence-corrected chi connectivity index (χ3v) is 8.20. The van der Waals surface area contributed by atoms with Crippen LogP contribution in [-0.4, -0.2) is 42.7 Å². The lowest BCUT2D eigenvalue weighted by molar-refractivity contribution is 0.0967. The predicted octanol–water partition coefficient (Wildman–Crippen LogP) is 9.40. The SMILES string of the molecule is CCC(OC)c1cc(OC)c(CC(OC)c2ccc(/C=C/c3cc(OC)c(/C=C/c4ccc(C)cc4)cc3OC)cc2)cc1OC. The van der Waals surface area contributed by atoms with Crippen LogP contribution in [0.15, 0.2) is 72.8 Å². The molecule has 0 aromatic heterocycles. The smallest absolute Gasteiger partial charge is 0.126 e. The average molecular weight is 623 g/mol. The Labute approximate surface area is 274 Å². The molecule has 46 heavy (non-hydrogen) atoms. The van der Waals surface area contributed by atoms with Gasteiger partial charge in [-0.1, -0.05) is 85.3 Å². The highest BCUT2D eigenvalue weighted by Gasteiger charge is 2.21. The Hall–Kier alpha value is -4.52. The Bertz CT molecular complexity index is 1620. The zero-order chi connectivity index (χ0) is 33.1. The highest BCUT2D eigenvalue weighted by molar-refractivity contribution is 5.79. The second kappa shape index (κ2) is 16.7. The summed E-state index contributed by atoms with van der Waals surface area (Å²) >= 11 is 0. The first-order valence-electron chi connectivity index (χ1n) is 15.5. The van der Waals surface area contributed by atoms with Crippen LogP contribution in [-0.2, 0) is 15.9 Å². The lowest BCUT2D eigenvalue weighted by atomic mass is 9.96. The maximum absolute atomic E-state index is 5.95. The van der Waals surface area contributed by atoms with Gasteiger partial charge in [-0.15, -0.1) is 0 Å². The molecule has 0 bridgehead atoms. The van der Waals surface area contributed by atoms with Crippen LogP contribution < -0.4 is 18.9 Å². The third-order valence-electron chi connectivity index (χ3n) is 8.20. The second-order valence-electron chi connectivity index (χ2n) is 11.0. The molecule has 6 nitrogen and oxygen atoms in total. The fourth-order valence-electron chi connectivity index (χ4n) is 5.52. The van der Waals surface area contributed by atoms with Crippen LogP contribution in [0.4, 0.5) is 0 Å². The summed E-state index contributed by atoms with van der Waals surface area (Å²) in [5.74, 6) is 3.11. The molecular weight excluding hydrogens is 576 g/mol. The Morgan fingerprint density at radius 1 is 0.543 bits per heavy atom. The lowest BCUT2D eigenvalue weighted by Crippen LogP contribution is -2.09. The van der Waals surface area contributed by atoms with Crippen molar-refractivity contribution in [2.24, 2.45) is 0 Å². The van der Waals surface area contributed by atoms with Gasteiger partial charge in [-0.2, -0.15) is 0 Å². The molecule has 0 heterocycles. The molecule has 2 atom stereocenters. The van der Waals surface area contributed by atoms with E-state index in [1.54, 1.807) is 42.7 Å². The molecule has 0 N–H and O–H groups in total. The van der Waals surface area contributed by atoms with E-state index in [4.69, 9.17) is 28.4 Å². The van der Waals surface area contributed by atoms with Crippen LogP contribution in [0.2, 0.25) is 0 Å². The summed E-state index contributed by atoms with van der Waals surface area (Å²) in [4.78, 5) is 0. The molecule has 6 heteroatoms. The second-order valence-corrected chi connectivity index (χ2v) is 11.0. The normalized spacial score (nSPS) is 12.8. The highest BCUT2D eigenvalue weighted by atomic mass is 16.5. The van der Waals surface area contributed by atoms with Gasteiger partial charge in [-0.3, -0.25) is 0 Å². The molecule has 0 saturated carbocycles. The van der Waals surface area contributed by atoms with Crippen molar-refractivity contribution in [1.82, 2.24) is 0 Å². The first-order valence-corrected chi connectivity index (χ1v) is 15.5. The van der Waals surface area contributed by atoms with Crippen LogP contribution in [0.3, 0.4) is 0 Å². The summed E-state index contributed by atoms with van der Waals surface area (Å²) in [6.45, 7) is 4.17. The minimum absolute atomic E-state index is 0.0726. The fraction of sp³-hybridized carbons (Fsp3) is 0.300. The van der Waals surface area contributed by atoms with E-state index in [0.29, 0.717) is 6.42 Å². The summed E-state index contributed by atoms with van der Waals surface area (Å²) in [6, 6.07) is 24.8. The van der Waals surface area contributed by atoms with Crippen molar-refractivity contribution in [2.75, 3.05) is 42.7 Å². The van der Waals surface area contributed by atoms with E-state index in [-0.39, 0.29) is 12.2 Å². The van der Waals surface area contributed by atoms with Crippen molar-refractivity contribution in [1.29, 1.82) is 0 Å². The molecule has 0 aliphatic rings. The Morgan fingerprint density at radius 3 is 1.50 bits per heavy atom. The van der Waals surface area contributed by atoms with Crippen molar-refractivity contribution < 1.29 is 28.4 Å². The van der Waals surface area contributed by atoms with E-state index >= 15 is 0 Å². The minimum Gasteiger partial charge on any atom is -0.496 e. The van der Waals surface area contributed by atoms with Gasteiger partial charge in [0.15, 0.2) is 0 Å². The molecule has 0 aliphatic heterocycles. The third kappa shape index (κ3) is 8.39. The number of hydrogen-bond donors (Lipinski definition) is 0. The number of aryl methyl sites for hydroxylation is 1. The predicted molar refractivity (Wildman–Crippen MR) is 188 cm³/mol. The number of rotatable bonds is 15. The summed E-state index contributed by atoms with van der Waals surface area (Å²) in [6.07, 6.45) is 9.44. The monoisotopic (exact) mass is 622 g/mol. The molecule has 4 aromatic rings. The van der Waals surface area contributed by atoms with Crippen LogP contribution in [0.25, 0.3) is 24.3 Å². The summed E-state index contributed by atoms with van der Waals surface area (Å²) in [7, 11) is 10.2. The molecule has 0 amide bonds. The summed E-state index contributed by atoms with van der Waals surface area (Å²) < 4.78 is 34.6. The quantitative estimate of drug-likeness (QED) is 0.123. The van der Waals surface area contributed by atoms with Gasteiger partial charge >= 0.3 is 0 Å². The number of hydrogen-bond acceptors (Lipinski definition) is 6. The van der Waals surface area contributed by atoms with Crippen molar-refractivity contribution in [3.63, 3.8) is 0 Å². The molecule has 0 radical (unpaired) electrons. The summed E-state index contributed by atoms with van der Waals surface area (Å²) in [5.41, 5.74) is 8.32. The van der Waals surface area contributed by atoms with Crippen molar-refractivity contribution in [2.45, 2.75) is 38.9 Å². The van der Waals surface area contributed by atoms with Gasteiger partial charge in [0.2, 0.25) is 0 Å². The molecular formula is C40H46O6. The van der Waals surface area contributed by atoms with E-state index in [0.717, 1.165) is 68.4 Å². The maximum atomic E-state index is 5.95. The zero-order valence-electron chi connectivity index (χ0n) is 28.3. The van der Waals surface area contributed by atoms with Gasteiger partial charge in [0, 0.05) is 42.9 Å². The number of methoxy groups -OCH3 is 6. The van der Waals surface area contributed by atoms with Gasteiger partial charge in [-0.25, -0.2) is 0 Å². The minimum atomic E-state index is -0.170. The molecule has 0 fully saturated rings. The zero-order valence-corrected chi connectivity index (χ0v) is 28.3. The largest absolute Gasteiger partial charge is 0.496 e. The highest BCUT2D eigenvalue weighted by Crippen LogP contribution is 2.38. The molecule has 4 aromatic carbocycles. The van der Waals surface area contributed by atoms with E-state index in [2.05, 4.69) is 74.5 Å². The molecule has 0 aliphatic carbocycles. The lowest BCUT2D eigenvalue weighted by Gasteiger charge is -2.22. The molecule has 0 spiro atoms. The molecule has 242 valence electrons. The standard InChI is InChI=1S/C40H46O6/c1-9-35(41-3)34-26-39(45-7)33(25-40(34)46-8)24-36(42-4)30-18-14-29(15-19-30)17-21-32-23-37(43-5)31(22-38(32)44-6)20-16-28-12-10-27(2)11-13-28/h10-23,25-26,35-36H,9,24H2,1-8H3/b20-16+,21-17+. The van der Waals surface area contributed by atoms with Crippen molar-refractivity contribution in [3.05, 3.63) is 117 Å². The van der Waals surface area contributed by atoms with Crippen LogP contribution in [0.5, 0.6) is 23.0 Å². The van der Waals surface area contributed by atoms with Gasteiger partial charge in [0.25, 0.3) is 0 Å². The fourth-order valence-corrected chi connectivity index (χ4v) is 5.52. The Kier molecular flexibility index (Phi) is 12.5. The topological polar surface area (TPSA) is 55.4 Å². The Morgan fingerprint density at radius 2 is 1.04 bits per heavy atom. The van der Waals surface area contributed by atoms with Gasteiger partial charge in [-0.05, 0) is 54.3 Å². The average Bonchev–Trinajstić information content (AvgIpc) is 3.10. The van der Waals surface area contributed by atoms with Crippen molar-refractivity contribution >= 4 is 24.3 Å². The molecule has 2 unspecified atom stereocenters. The summed E-state index contributed by atoms with van der Waals surface area (Å²) in [5, 5.41) is 0. The number of ether oxygens (including phenoxy) is 6. The molecule has 4 rings (SSSR count). The van der Waals surface area contributed by atoms with E-state index in [9.17, 15) is 0 Å². The van der Waals surface area contributed by atoms with Crippen molar-refractivity contribution in [3.8, 4) is 23.0 Å². The van der Waals surface area contributed by atoms with E-state index in [1.165, 1.54) is 5.56 Å². The molecule has 0 saturated heterocycles. The van der Waals surface area contributed by atoms with Crippen LogP contribution in [0, 0.1) is 6.92 Å². The van der Waals surface area contributed by atoms with Gasteiger partial charge in [0.05, 0.1) is 40.6 Å². The van der Waals surface area contributed by atoms with Crippen LogP contribution >= 0.6 is 0 Å². The van der Waals surface area contributed by atoms with Gasteiger partial charge in [0.1, 0.15) is 23.0 Å². The first kappa shape index (κ1) is 34.4. The van der Waals surface area contributed by atoms with E-state index < -0.39 is 0 Å². The van der Waals surface area contributed by atoms with Gasteiger partial charge < -0.3 is 28.4 Å². The Balaban J connectivity index is 1.53. The van der Waals surface area contributed by atoms with E-state index in [1.807, 2.05) is 36.4 Å². The maximum Gasteiger partial charge on any atom is 0.126 e.